The first-order chi connectivity index (χ1) is 14.6. The largest absolute Gasteiger partial charge is 0.611 e. The molecular formula is C23H25B3O4. The Labute approximate surface area is 180 Å². The molecule has 0 saturated carbocycles. The van der Waals surface area contributed by atoms with Gasteiger partial charge in [0.15, 0.2) is 0 Å². The topological polar surface area (TPSA) is 36.9 Å². The van der Waals surface area contributed by atoms with Gasteiger partial charge in [-0.2, -0.15) is 0 Å². The van der Waals surface area contributed by atoms with E-state index in [0.717, 1.165) is 16.7 Å². The van der Waals surface area contributed by atoms with E-state index < -0.39 is 12.7 Å². The average Bonchev–Trinajstić information content (AvgIpc) is 2.78. The van der Waals surface area contributed by atoms with Crippen molar-refractivity contribution in [1.82, 2.24) is 0 Å². The molecule has 0 atom stereocenters. The molecule has 1 heterocycles. The first-order valence-corrected chi connectivity index (χ1v) is 10.2. The number of benzene rings is 3. The zero-order valence-electron chi connectivity index (χ0n) is 17.8. The fraction of sp³-hybridized carbons (Fsp3) is 0.217. The van der Waals surface area contributed by atoms with Crippen LogP contribution in [0.3, 0.4) is 0 Å². The molecule has 0 unspecified atom stereocenters. The molecule has 0 amide bonds. The van der Waals surface area contributed by atoms with E-state index in [-0.39, 0.29) is 15.4 Å². The lowest BCUT2D eigenvalue weighted by Crippen LogP contribution is -2.43. The Bertz CT molecular complexity index is 842. The quantitative estimate of drug-likeness (QED) is 0.471. The predicted octanol–water partition coefficient (Wildman–Crippen LogP) is 3.54. The third-order valence-electron chi connectivity index (χ3n) is 5.64. The van der Waals surface area contributed by atoms with Crippen LogP contribution in [0.5, 0.6) is 0 Å². The Kier molecular flexibility index (Phi) is 6.45. The summed E-state index contributed by atoms with van der Waals surface area (Å²) in [5.74, 6) is 0. The number of rotatable bonds is 6. The van der Waals surface area contributed by atoms with Gasteiger partial charge in [-0.05, 0) is 37.5 Å². The van der Waals surface area contributed by atoms with Crippen LogP contribution in [0.25, 0.3) is 0 Å². The molecule has 1 aliphatic heterocycles. The summed E-state index contributed by atoms with van der Waals surface area (Å²) in [6.45, 7) is 6.67. The van der Waals surface area contributed by atoms with Crippen LogP contribution in [-0.2, 0) is 23.8 Å². The van der Waals surface area contributed by atoms with E-state index in [2.05, 4.69) is 93.6 Å². The maximum atomic E-state index is 6.18. The van der Waals surface area contributed by atoms with E-state index in [1.54, 1.807) is 0 Å². The van der Waals surface area contributed by atoms with Gasteiger partial charge in [-0.15, -0.1) is 0 Å². The summed E-state index contributed by atoms with van der Waals surface area (Å²) in [7, 11) is -0.423. The third kappa shape index (κ3) is 4.40. The first-order valence-electron chi connectivity index (χ1n) is 10.2. The molecule has 0 N–H and O–H groups in total. The zero-order valence-corrected chi connectivity index (χ0v) is 17.8. The van der Waals surface area contributed by atoms with E-state index in [1.807, 2.05) is 0 Å². The van der Waals surface area contributed by atoms with Gasteiger partial charge in [0.25, 0.3) is 0 Å². The minimum absolute atomic E-state index is 0.164. The van der Waals surface area contributed by atoms with Crippen molar-refractivity contribution in [1.29, 1.82) is 0 Å². The summed E-state index contributed by atoms with van der Waals surface area (Å²) in [6, 6.07) is 26.0. The summed E-state index contributed by atoms with van der Waals surface area (Å²) >= 11 is 0. The molecule has 30 heavy (non-hydrogen) atoms. The molecular weight excluding hydrogens is 373 g/mol. The van der Waals surface area contributed by atoms with E-state index in [1.165, 1.54) is 16.7 Å². The van der Waals surface area contributed by atoms with Crippen molar-refractivity contribution < 1.29 is 18.4 Å². The Morgan fingerprint density at radius 2 is 1.03 bits per heavy atom. The lowest BCUT2D eigenvalue weighted by Gasteiger charge is -2.37. The molecule has 3 aromatic carbocycles. The molecule has 3 aromatic rings. The highest BCUT2D eigenvalue weighted by Gasteiger charge is 2.39. The third-order valence-corrected chi connectivity index (χ3v) is 5.64. The second-order valence-corrected chi connectivity index (χ2v) is 7.88. The van der Waals surface area contributed by atoms with Crippen LogP contribution < -0.4 is 0 Å². The molecule has 150 valence electrons. The van der Waals surface area contributed by atoms with Gasteiger partial charge in [0.1, 0.15) is 0 Å². The van der Waals surface area contributed by atoms with E-state index >= 15 is 0 Å². The maximum Gasteiger partial charge on any atom is 0.611 e. The van der Waals surface area contributed by atoms with Crippen LogP contribution in [0, 0.1) is 20.8 Å². The minimum Gasteiger partial charge on any atom is -0.458 e. The van der Waals surface area contributed by atoms with Gasteiger partial charge in [0, 0.05) is 0 Å². The Balaban J connectivity index is 1.85. The first kappa shape index (κ1) is 20.9. The maximum absolute atomic E-state index is 6.18. The van der Waals surface area contributed by atoms with E-state index in [9.17, 15) is 0 Å². The van der Waals surface area contributed by atoms with Gasteiger partial charge < -0.3 is 18.4 Å². The fourth-order valence-corrected chi connectivity index (χ4v) is 3.84. The zero-order chi connectivity index (χ0) is 21.0. The summed E-state index contributed by atoms with van der Waals surface area (Å²) in [5, 5.41) is 0. The number of hydrogen-bond acceptors (Lipinski definition) is 4. The summed E-state index contributed by atoms with van der Waals surface area (Å²) in [4.78, 5) is 0. The smallest absolute Gasteiger partial charge is 0.458 e. The Morgan fingerprint density at radius 1 is 0.667 bits per heavy atom. The van der Waals surface area contributed by atoms with E-state index in [4.69, 9.17) is 18.4 Å². The van der Waals surface area contributed by atoms with Crippen molar-refractivity contribution in [3.8, 4) is 0 Å². The summed E-state index contributed by atoms with van der Waals surface area (Å²) in [6.07, 6.45) is 0. The van der Waals surface area contributed by atoms with Crippen LogP contribution in [-0.4, -0.2) is 29.3 Å². The molecule has 0 aliphatic carbocycles. The number of hydrogen-bond donors (Lipinski definition) is 0. The SMILES string of the molecule is Cc1ccc(C(COB2OBOBO2)(c2ccc(C)cc2)c2ccc(C)cc2)cc1. The molecule has 0 spiro atoms. The standard InChI is InChI=1S/C23H25B3O4/c1-17-4-10-20(11-5-17)23(21-12-6-18(2)7-13-21,22-14-8-19(3)9-15-22)16-27-26-29-24-28-25-30-26/h4-15,24-25H,16H2,1-3H3. The molecule has 1 aliphatic rings. The highest BCUT2D eigenvalue weighted by molar-refractivity contribution is 6.57. The van der Waals surface area contributed by atoms with Gasteiger partial charge in [-0.25, -0.2) is 0 Å². The van der Waals surface area contributed by atoms with E-state index in [0.29, 0.717) is 6.61 Å². The molecule has 0 bridgehead atoms. The highest BCUT2D eigenvalue weighted by atomic mass is 16.8. The van der Waals surface area contributed by atoms with Gasteiger partial charge in [-0.1, -0.05) is 89.5 Å². The van der Waals surface area contributed by atoms with Crippen LogP contribution in [0.2, 0.25) is 0 Å². The highest BCUT2D eigenvalue weighted by Crippen LogP contribution is 2.40. The van der Waals surface area contributed by atoms with Crippen molar-refractivity contribution in [3.05, 3.63) is 106 Å². The second-order valence-electron chi connectivity index (χ2n) is 7.88. The van der Waals surface area contributed by atoms with Crippen molar-refractivity contribution in [2.75, 3.05) is 6.61 Å². The minimum atomic E-state index is -0.750. The Hall–Kier alpha value is -2.31. The fourth-order valence-electron chi connectivity index (χ4n) is 3.84. The van der Waals surface area contributed by atoms with Gasteiger partial charge in [-0.3, -0.25) is 0 Å². The second kappa shape index (κ2) is 9.23. The van der Waals surface area contributed by atoms with Crippen LogP contribution in [0.4, 0.5) is 0 Å². The molecule has 7 heteroatoms. The number of aryl methyl sites for hydroxylation is 3. The van der Waals surface area contributed by atoms with Crippen molar-refractivity contribution >= 4 is 22.7 Å². The normalized spacial score (nSPS) is 14.2. The molecule has 0 aromatic heterocycles. The van der Waals surface area contributed by atoms with Gasteiger partial charge in [0.05, 0.1) is 12.0 Å². The summed E-state index contributed by atoms with van der Waals surface area (Å²) < 4.78 is 22.2. The Morgan fingerprint density at radius 3 is 1.40 bits per heavy atom. The average molecular weight is 398 g/mol. The van der Waals surface area contributed by atoms with Crippen molar-refractivity contribution in [2.24, 2.45) is 0 Å². The molecule has 1 fully saturated rings. The van der Waals surface area contributed by atoms with Gasteiger partial charge >= 0.3 is 22.7 Å². The monoisotopic (exact) mass is 398 g/mol. The molecule has 0 radical (unpaired) electrons. The van der Waals surface area contributed by atoms with Crippen molar-refractivity contribution in [2.45, 2.75) is 26.2 Å². The van der Waals surface area contributed by atoms with Crippen LogP contribution >= 0.6 is 0 Å². The summed E-state index contributed by atoms with van der Waals surface area (Å²) in [5.41, 5.74) is 6.63. The molecule has 4 nitrogen and oxygen atoms in total. The molecule has 1 saturated heterocycles. The predicted molar refractivity (Wildman–Crippen MR) is 123 cm³/mol. The lowest BCUT2D eigenvalue weighted by atomic mass is 9.69. The van der Waals surface area contributed by atoms with Crippen LogP contribution in [0.15, 0.2) is 72.8 Å². The lowest BCUT2D eigenvalue weighted by molar-refractivity contribution is 0.154. The van der Waals surface area contributed by atoms with Gasteiger partial charge in [0.2, 0.25) is 0 Å². The van der Waals surface area contributed by atoms with Crippen LogP contribution in [0.1, 0.15) is 33.4 Å². The molecule has 4 rings (SSSR count). The van der Waals surface area contributed by atoms with Crippen molar-refractivity contribution in [3.63, 3.8) is 0 Å².